The smallest absolute Gasteiger partial charge is 0.159 e. The average Bonchev–Trinajstić information content (AvgIpc) is 2.32. The van der Waals surface area contributed by atoms with Crippen molar-refractivity contribution in [2.45, 2.75) is 6.10 Å². The van der Waals surface area contributed by atoms with Gasteiger partial charge in [-0.3, -0.25) is 0 Å². The SMILES string of the molecule is O[C@H](c1ccc(F)c(F)c1)c1ccccc1Br. The van der Waals surface area contributed by atoms with Crippen LogP contribution in [0.2, 0.25) is 0 Å². The molecule has 0 fully saturated rings. The van der Waals surface area contributed by atoms with E-state index < -0.39 is 17.7 Å². The van der Waals surface area contributed by atoms with Crippen molar-refractivity contribution in [3.05, 3.63) is 69.7 Å². The highest BCUT2D eigenvalue weighted by molar-refractivity contribution is 9.10. The Labute approximate surface area is 106 Å². The van der Waals surface area contributed by atoms with Gasteiger partial charge in [0, 0.05) is 4.47 Å². The quantitative estimate of drug-likeness (QED) is 0.894. The van der Waals surface area contributed by atoms with Crippen LogP contribution >= 0.6 is 15.9 Å². The molecule has 2 aromatic carbocycles. The predicted octanol–water partition coefficient (Wildman–Crippen LogP) is 3.81. The van der Waals surface area contributed by atoms with Crippen molar-refractivity contribution in [3.8, 4) is 0 Å². The van der Waals surface area contributed by atoms with Gasteiger partial charge in [0.1, 0.15) is 6.10 Å². The lowest BCUT2D eigenvalue weighted by Gasteiger charge is -2.13. The van der Waals surface area contributed by atoms with Gasteiger partial charge in [-0.2, -0.15) is 0 Å². The van der Waals surface area contributed by atoms with Crippen molar-refractivity contribution in [3.63, 3.8) is 0 Å². The fourth-order valence-corrected chi connectivity index (χ4v) is 2.06. The lowest BCUT2D eigenvalue weighted by Crippen LogP contribution is -2.01. The van der Waals surface area contributed by atoms with Crippen molar-refractivity contribution in [1.29, 1.82) is 0 Å². The molecule has 4 heteroatoms. The third-order valence-electron chi connectivity index (χ3n) is 2.46. The van der Waals surface area contributed by atoms with E-state index in [0.717, 1.165) is 16.6 Å². The largest absolute Gasteiger partial charge is 0.384 e. The molecule has 88 valence electrons. The molecular weight excluding hydrogens is 290 g/mol. The van der Waals surface area contributed by atoms with E-state index in [1.807, 2.05) is 6.07 Å². The zero-order valence-electron chi connectivity index (χ0n) is 8.70. The molecule has 1 N–H and O–H groups in total. The molecular formula is C13H9BrF2O. The van der Waals surface area contributed by atoms with Crippen LogP contribution in [0.3, 0.4) is 0 Å². The minimum Gasteiger partial charge on any atom is -0.384 e. The maximum absolute atomic E-state index is 13.1. The Morgan fingerprint density at radius 1 is 1.00 bits per heavy atom. The Morgan fingerprint density at radius 3 is 2.35 bits per heavy atom. The number of aliphatic hydroxyl groups excluding tert-OH is 1. The molecule has 1 nitrogen and oxygen atoms in total. The van der Waals surface area contributed by atoms with E-state index in [9.17, 15) is 13.9 Å². The molecule has 0 unspecified atom stereocenters. The number of aliphatic hydroxyl groups is 1. The lowest BCUT2D eigenvalue weighted by molar-refractivity contribution is 0.218. The van der Waals surface area contributed by atoms with Crippen molar-refractivity contribution in [2.24, 2.45) is 0 Å². The number of benzene rings is 2. The summed E-state index contributed by atoms with van der Waals surface area (Å²) in [6.07, 6.45) is -0.985. The summed E-state index contributed by atoms with van der Waals surface area (Å²) in [6, 6.07) is 10.4. The van der Waals surface area contributed by atoms with Crippen LogP contribution in [0.1, 0.15) is 17.2 Å². The van der Waals surface area contributed by atoms with Crippen molar-refractivity contribution in [1.82, 2.24) is 0 Å². The molecule has 0 saturated heterocycles. The summed E-state index contributed by atoms with van der Waals surface area (Å²) in [5.41, 5.74) is 0.925. The predicted molar refractivity (Wildman–Crippen MR) is 64.6 cm³/mol. The van der Waals surface area contributed by atoms with Gasteiger partial charge in [0.05, 0.1) is 0 Å². The van der Waals surface area contributed by atoms with Gasteiger partial charge in [0.25, 0.3) is 0 Å². The first-order valence-electron chi connectivity index (χ1n) is 4.97. The molecule has 0 aliphatic heterocycles. The minimum absolute atomic E-state index is 0.316. The fraction of sp³-hybridized carbons (Fsp3) is 0.0769. The molecule has 0 spiro atoms. The molecule has 0 aromatic heterocycles. The van der Waals surface area contributed by atoms with E-state index in [1.165, 1.54) is 6.07 Å². The van der Waals surface area contributed by atoms with Crippen LogP contribution in [0, 0.1) is 11.6 Å². The normalized spacial score (nSPS) is 12.5. The summed E-state index contributed by atoms with van der Waals surface area (Å²) in [7, 11) is 0. The zero-order chi connectivity index (χ0) is 12.4. The minimum atomic E-state index is -0.985. The maximum Gasteiger partial charge on any atom is 0.159 e. The summed E-state index contributed by atoms with van der Waals surface area (Å²) in [6.45, 7) is 0. The highest BCUT2D eigenvalue weighted by Gasteiger charge is 2.14. The van der Waals surface area contributed by atoms with Crippen LogP contribution in [0.4, 0.5) is 8.78 Å². The first kappa shape index (κ1) is 12.2. The Hall–Kier alpha value is -1.26. The Balaban J connectivity index is 2.40. The Bertz CT molecular complexity index is 543. The van der Waals surface area contributed by atoms with E-state index in [4.69, 9.17) is 0 Å². The zero-order valence-corrected chi connectivity index (χ0v) is 10.3. The van der Waals surface area contributed by atoms with Crippen LogP contribution in [-0.2, 0) is 0 Å². The summed E-state index contributed by atoms with van der Waals surface area (Å²) in [5, 5.41) is 10.1. The van der Waals surface area contributed by atoms with Crippen LogP contribution in [0.5, 0.6) is 0 Å². The second-order valence-electron chi connectivity index (χ2n) is 3.60. The molecule has 0 saturated carbocycles. The maximum atomic E-state index is 13.1. The highest BCUT2D eigenvalue weighted by Crippen LogP contribution is 2.28. The van der Waals surface area contributed by atoms with Gasteiger partial charge in [-0.15, -0.1) is 0 Å². The van der Waals surface area contributed by atoms with Crippen LogP contribution < -0.4 is 0 Å². The third kappa shape index (κ3) is 2.53. The highest BCUT2D eigenvalue weighted by atomic mass is 79.9. The van der Waals surface area contributed by atoms with Crippen molar-refractivity contribution < 1.29 is 13.9 Å². The van der Waals surface area contributed by atoms with Gasteiger partial charge in [0.15, 0.2) is 11.6 Å². The van der Waals surface area contributed by atoms with Crippen LogP contribution in [0.15, 0.2) is 46.9 Å². The van der Waals surface area contributed by atoms with E-state index >= 15 is 0 Å². The molecule has 1 atom stereocenters. The molecule has 0 aliphatic rings. The van der Waals surface area contributed by atoms with Crippen molar-refractivity contribution >= 4 is 15.9 Å². The molecule has 0 bridgehead atoms. The molecule has 17 heavy (non-hydrogen) atoms. The number of hydrogen-bond acceptors (Lipinski definition) is 1. The summed E-state index contributed by atoms with van der Waals surface area (Å²) >= 11 is 3.30. The molecule has 2 aromatic rings. The van der Waals surface area contributed by atoms with E-state index in [0.29, 0.717) is 11.1 Å². The van der Waals surface area contributed by atoms with Gasteiger partial charge in [-0.05, 0) is 29.3 Å². The van der Waals surface area contributed by atoms with Crippen LogP contribution in [0.25, 0.3) is 0 Å². The van der Waals surface area contributed by atoms with Crippen molar-refractivity contribution in [2.75, 3.05) is 0 Å². The van der Waals surface area contributed by atoms with E-state index in [-0.39, 0.29) is 0 Å². The first-order chi connectivity index (χ1) is 8.09. The molecule has 0 amide bonds. The van der Waals surface area contributed by atoms with E-state index in [1.54, 1.807) is 18.2 Å². The summed E-state index contributed by atoms with van der Waals surface area (Å²) < 4.78 is 26.6. The van der Waals surface area contributed by atoms with Gasteiger partial charge >= 0.3 is 0 Å². The lowest BCUT2D eigenvalue weighted by atomic mass is 10.0. The molecule has 0 heterocycles. The number of rotatable bonds is 2. The molecule has 0 aliphatic carbocycles. The average molecular weight is 299 g/mol. The van der Waals surface area contributed by atoms with Gasteiger partial charge < -0.3 is 5.11 Å². The van der Waals surface area contributed by atoms with E-state index in [2.05, 4.69) is 15.9 Å². The van der Waals surface area contributed by atoms with Gasteiger partial charge in [0.2, 0.25) is 0 Å². The Kier molecular flexibility index (Phi) is 3.54. The first-order valence-corrected chi connectivity index (χ1v) is 5.76. The fourth-order valence-electron chi connectivity index (χ4n) is 1.56. The number of hydrogen-bond donors (Lipinski definition) is 1. The number of halogens is 3. The standard InChI is InChI=1S/C13H9BrF2O/c14-10-4-2-1-3-9(10)13(17)8-5-6-11(15)12(16)7-8/h1-7,13,17H/t13-/m1/s1. The monoisotopic (exact) mass is 298 g/mol. The second kappa shape index (κ2) is 4.94. The second-order valence-corrected chi connectivity index (χ2v) is 4.45. The van der Waals surface area contributed by atoms with Gasteiger partial charge in [-0.1, -0.05) is 40.2 Å². The Morgan fingerprint density at radius 2 is 1.71 bits per heavy atom. The summed E-state index contributed by atoms with van der Waals surface area (Å²) in [5.74, 6) is -1.89. The van der Waals surface area contributed by atoms with Gasteiger partial charge in [-0.25, -0.2) is 8.78 Å². The molecule has 2 rings (SSSR count). The summed E-state index contributed by atoms with van der Waals surface area (Å²) in [4.78, 5) is 0. The van der Waals surface area contributed by atoms with Crippen LogP contribution in [-0.4, -0.2) is 5.11 Å². The third-order valence-corrected chi connectivity index (χ3v) is 3.18. The molecule has 0 radical (unpaired) electrons. The topological polar surface area (TPSA) is 20.2 Å².